The van der Waals surface area contributed by atoms with Gasteiger partial charge in [0.2, 0.25) is 9.84 Å². The maximum Gasteiger partial charge on any atom is 0.298 e. The molecule has 39 heavy (non-hydrogen) atoms. The summed E-state index contributed by atoms with van der Waals surface area (Å²) in [7, 11) is -8.74. The van der Waals surface area contributed by atoms with E-state index in [0.29, 0.717) is 12.3 Å². The number of piperidine rings is 1. The number of rotatable bonds is 12. The average Bonchev–Trinajstić information content (AvgIpc) is 2.93. The molecule has 0 bridgehead atoms. The molecule has 2 aliphatic heterocycles. The van der Waals surface area contributed by atoms with Crippen LogP contribution in [-0.2, 0) is 38.4 Å². The second kappa shape index (κ2) is 13.1. The van der Waals surface area contributed by atoms with Crippen molar-refractivity contribution >= 4 is 20.0 Å². The zero-order chi connectivity index (χ0) is 27.9. The molecule has 2 heterocycles. The fourth-order valence-electron chi connectivity index (χ4n) is 4.06. The van der Waals surface area contributed by atoms with Crippen LogP contribution in [0.25, 0.3) is 0 Å². The number of hydrogen-bond acceptors (Lipinski definition) is 10. The van der Waals surface area contributed by atoms with Crippen molar-refractivity contribution in [1.82, 2.24) is 10.8 Å². The Kier molecular flexibility index (Phi) is 9.81. The van der Waals surface area contributed by atoms with E-state index in [1.54, 1.807) is 42.6 Å². The molecule has 2 aliphatic rings. The van der Waals surface area contributed by atoms with Crippen LogP contribution in [0.4, 0.5) is 0 Å². The minimum absolute atomic E-state index is 0.0375. The van der Waals surface area contributed by atoms with E-state index >= 15 is 0 Å². The molecule has 4 rings (SSSR count). The second-order valence-electron chi connectivity index (χ2n) is 9.44. The Morgan fingerprint density at radius 2 is 1.64 bits per heavy atom. The highest BCUT2D eigenvalue weighted by Gasteiger charge is 2.37. The summed E-state index contributed by atoms with van der Waals surface area (Å²) >= 11 is 0. The number of hydroxylamine groups is 1. The van der Waals surface area contributed by atoms with Crippen LogP contribution in [0.3, 0.4) is 0 Å². The molecule has 10 nitrogen and oxygen atoms in total. The highest BCUT2D eigenvalue weighted by Crippen LogP contribution is 2.28. The quantitative estimate of drug-likeness (QED) is 0.286. The van der Waals surface area contributed by atoms with E-state index in [-0.39, 0.29) is 22.5 Å². The van der Waals surface area contributed by atoms with Gasteiger partial charge in [-0.2, -0.15) is 8.42 Å². The fraction of sp³-hybridized carbons (Fsp3) is 0.407. The lowest BCUT2D eigenvalue weighted by atomic mass is 10.1. The van der Waals surface area contributed by atoms with E-state index in [1.165, 1.54) is 24.3 Å². The number of benzene rings is 2. The van der Waals surface area contributed by atoms with E-state index in [0.717, 1.165) is 30.5 Å². The summed E-state index contributed by atoms with van der Waals surface area (Å²) in [5, 5.41) is 3.24. The predicted molar refractivity (Wildman–Crippen MR) is 144 cm³/mol. The van der Waals surface area contributed by atoms with Crippen molar-refractivity contribution in [2.24, 2.45) is 0 Å². The first kappa shape index (κ1) is 29.2. The molecule has 2 aromatic rings. The third kappa shape index (κ3) is 8.13. The van der Waals surface area contributed by atoms with E-state index < -0.39 is 38.1 Å². The molecule has 0 aliphatic carbocycles. The normalized spacial score (nSPS) is 19.4. The first-order valence-corrected chi connectivity index (χ1v) is 15.7. The van der Waals surface area contributed by atoms with Crippen molar-refractivity contribution in [2.45, 2.75) is 60.7 Å². The Morgan fingerprint density at radius 3 is 2.23 bits per heavy atom. The Hall–Kier alpha value is -2.74. The zero-order valence-corrected chi connectivity index (χ0v) is 23.5. The molecular formula is C27H34N2O8S2. The van der Waals surface area contributed by atoms with Gasteiger partial charge in [0.05, 0.1) is 15.9 Å². The first-order valence-electron chi connectivity index (χ1n) is 12.7. The number of hydrogen-bond donors (Lipinski definition) is 2. The molecule has 1 saturated heterocycles. The van der Waals surface area contributed by atoms with Gasteiger partial charge in [-0.15, -0.1) is 0 Å². The third-order valence-corrected chi connectivity index (χ3v) is 9.64. The Labute approximate surface area is 230 Å². The molecule has 3 atom stereocenters. The van der Waals surface area contributed by atoms with E-state index in [4.69, 9.17) is 18.5 Å². The Balaban J connectivity index is 1.64. The van der Waals surface area contributed by atoms with Gasteiger partial charge in [-0.3, -0.25) is 0 Å². The number of nitrogens with one attached hydrogen (secondary N) is 2. The third-order valence-electron chi connectivity index (χ3n) is 6.27. The van der Waals surface area contributed by atoms with E-state index in [9.17, 15) is 16.8 Å². The monoisotopic (exact) mass is 578 g/mol. The summed E-state index contributed by atoms with van der Waals surface area (Å²) in [6.07, 6.45) is 4.88. The van der Waals surface area contributed by atoms with Gasteiger partial charge in [-0.1, -0.05) is 35.4 Å². The van der Waals surface area contributed by atoms with E-state index in [1.807, 2.05) is 13.8 Å². The minimum atomic E-state index is -4.45. The Bertz CT molecular complexity index is 1370. The maximum atomic E-state index is 13.8. The molecule has 2 N–H and O–H groups in total. The van der Waals surface area contributed by atoms with Crippen LogP contribution in [0.2, 0.25) is 0 Å². The molecule has 0 spiro atoms. The smallest absolute Gasteiger partial charge is 0.298 e. The Morgan fingerprint density at radius 1 is 0.974 bits per heavy atom. The minimum Gasteiger partial charge on any atom is -0.385 e. The molecular weight excluding hydrogens is 544 g/mol. The number of allylic oxidation sites excluding steroid dienone is 2. The summed E-state index contributed by atoms with van der Waals surface area (Å²) in [5.41, 5.74) is 2.50. The van der Waals surface area contributed by atoms with Crippen LogP contribution in [-0.4, -0.2) is 54.4 Å². The van der Waals surface area contributed by atoms with Gasteiger partial charge in [-0.25, -0.2) is 18.1 Å². The summed E-state index contributed by atoms with van der Waals surface area (Å²) in [4.78, 5) is 5.09. The van der Waals surface area contributed by atoms with Gasteiger partial charge < -0.3 is 19.6 Å². The van der Waals surface area contributed by atoms with Crippen molar-refractivity contribution < 1.29 is 35.3 Å². The van der Waals surface area contributed by atoms with Gasteiger partial charge in [0.15, 0.2) is 17.5 Å². The molecule has 3 unspecified atom stereocenters. The highest BCUT2D eigenvalue weighted by atomic mass is 32.2. The molecule has 2 aromatic carbocycles. The van der Waals surface area contributed by atoms with E-state index in [2.05, 4.69) is 10.8 Å². The highest BCUT2D eigenvalue weighted by molar-refractivity contribution is 7.93. The summed E-state index contributed by atoms with van der Waals surface area (Å²) < 4.78 is 71.6. The van der Waals surface area contributed by atoms with Crippen LogP contribution in [0.15, 0.2) is 82.4 Å². The SMILES string of the molecule is Cc1ccc(S(=O)(=O)OC(CC(OCC2=CC=CNO2)OC2CCCNC2)S(=O)(=O)c2ccc(C)cc2)cc1. The van der Waals surface area contributed by atoms with Gasteiger partial charge in [-0.05, 0) is 69.7 Å². The number of sulfone groups is 1. The number of ether oxygens (including phenoxy) is 2. The summed E-state index contributed by atoms with van der Waals surface area (Å²) in [6, 6.07) is 12.1. The van der Waals surface area contributed by atoms with Crippen molar-refractivity contribution in [3.8, 4) is 0 Å². The predicted octanol–water partition coefficient (Wildman–Crippen LogP) is 3.24. The summed E-state index contributed by atoms with van der Waals surface area (Å²) in [6.45, 7) is 5.02. The van der Waals surface area contributed by atoms with Gasteiger partial charge in [0.25, 0.3) is 10.1 Å². The van der Waals surface area contributed by atoms with Crippen LogP contribution < -0.4 is 10.8 Å². The standard InChI is InChI=1S/C27H34N2O8S2/c1-20-7-11-24(12-8-20)38(30,31)27(37-39(32,33)25-13-9-21(2)10-14-25)17-26(35-22-5-3-15-28-18-22)34-19-23-6-4-16-29-36-23/h4,6-14,16,22,26-29H,3,5,15,17-19H2,1-2H3. The van der Waals surface area contributed by atoms with Gasteiger partial charge in [0.1, 0.15) is 6.61 Å². The van der Waals surface area contributed by atoms with Crippen molar-refractivity contribution in [3.63, 3.8) is 0 Å². The van der Waals surface area contributed by atoms with Crippen LogP contribution in [0.1, 0.15) is 30.4 Å². The fourth-order valence-corrected chi connectivity index (χ4v) is 6.96. The van der Waals surface area contributed by atoms with Gasteiger partial charge in [0, 0.05) is 19.2 Å². The van der Waals surface area contributed by atoms with Crippen LogP contribution in [0.5, 0.6) is 0 Å². The largest absolute Gasteiger partial charge is 0.385 e. The zero-order valence-electron chi connectivity index (χ0n) is 21.9. The van der Waals surface area contributed by atoms with Crippen molar-refractivity contribution in [3.05, 3.63) is 83.8 Å². The molecule has 12 heteroatoms. The maximum absolute atomic E-state index is 13.8. The van der Waals surface area contributed by atoms with Crippen molar-refractivity contribution in [2.75, 3.05) is 19.7 Å². The molecule has 212 valence electrons. The average molecular weight is 579 g/mol. The van der Waals surface area contributed by atoms with Crippen molar-refractivity contribution in [1.29, 1.82) is 0 Å². The van der Waals surface area contributed by atoms with Crippen LogP contribution >= 0.6 is 0 Å². The van der Waals surface area contributed by atoms with Crippen LogP contribution in [0, 0.1) is 13.8 Å². The molecule has 1 fully saturated rings. The lowest BCUT2D eigenvalue weighted by Gasteiger charge is -2.30. The van der Waals surface area contributed by atoms with Gasteiger partial charge >= 0.3 is 0 Å². The second-order valence-corrected chi connectivity index (χ2v) is 13.1. The first-order chi connectivity index (χ1) is 18.6. The number of aryl methyl sites for hydroxylation is 2. The lowest BCUT2D eigenvalue weighted by molar-refractivity contribution is -0.181. The molecule has 0 amide bonds. The molecule has 0 aromatic heterocycles. The summed E-state index contributed by atoms with van der Waals surface area (Å²) in [5.74, 6) is 0.444. The lowest BCUT2D eigenvalue weighted by Crippen LogP contribution is -2.41. The topological polar surface area (TPSA) is 129 Å². The molecule has 0 saturated carbocycles. The molecule has 0 radical (unpaired) electrons.